The fourth-order valence-electron chi connectivity index (χ4n) is 2.21. The van der Waals surface area contributed by atoms with Crippen LogP contribution >= 0.6 is 15.9 Å². The van der Waals surface area contributed by atoms with Crippen molar-refractivity contribution in [1.82, 2.24) is 20.3 Å². The van der Waals surface area contributed by atoms with Crippen LogP contribution in [0, 0.1) is 13.8 Å². The number of aromatic nitrogens is 3. The summed E-state index contributed by atoms with van der Waals surface area (Å²) in [7, 11) is 1.97. The smallest absolute Gasteiger partial charge is 0.161 e. The lowest BCUT2D eigenvalue weighted by Gasteiger charge is -2.11. The molecule has 0 amide bonds. The van der Waals surface area contributed by atoms with Gasteiger partial charge in [-0.3, -0.25) is 4.98 Å². The van der Waals surface area contributed by atoms with Gasteiger partial charge in [-0.1, -0.05) is 0 Å². The van der Waals surface area contributed by atoms with Crippen LogP contribution < -0.4 is 5.32 Å². The Labute approximate surface area is 128 Å². The molecule has 0 atom stereocenters. The molecule has 0 bridgehead atoms. The fraction of sp³-hybridized carbons (Fsp3) is 0.400. The molecule has 0 aliphatic heterocycles. The molecule has 2 heterocycles. The van der Waals surface area contributed by atoms with Gasteiger partial charge in [-0.25, -0.2) is 9.97 Å². The number of nitrogens with one attached hydrogen (secondary N) is 1. The molecular weight excluding hydrogens is 316 g/mol. The van der Waals surface area contributed by atoms with Crippen LogP contribution in [0.5, 0.6) is 0 Å². The number of rotatable bonds is 5. The Morgan fingerprint density at radius 3 is 2.45 bits per heavy atom. The van der Waals surface area contributed by atoms with Gasteiger partial charge in [0.05, 0.1) is 0 Å². The van der Waals surface area contributed by atoms with Gasteiger partial charge in [-0.2, -0.15) is 0 Å². The van der Waals surface area contributed by atoms with E-state index in [2.05, 4.69) is 50.0 Å². The highest BCUT2D eigenvalue weighted by Crippen LogP contribution is 2.21. The van der Waals surface area contributed by atoms with Gasteiger partial charge in [0.2, 0.25) is 0 Å². The third-order valence-electron chi connectivity index (χ3n) is 3.24. The van der Waals surface area contributed by atoms with E-state index in [9.17, 15) is 0 Å². The van der Waals surface area contributed by atoms with E-state index >= 15 is 0 Å². The van der Waals surface area contributed by atoms with Crippen molar-refractivity contribution in [3.8, 4) is 11.4 Å². The van der Waals surface area contributed by atoms with Gasteiger partial charge >= 0.3 is 0 Å². The van der Waals surface area contributed by atoms with Crippen molar-refractivity contribution in [1.29, 1.82) is 0 Å². The molecule has 0 saturated carbocycles. The second kappa shape index (κ2) is 6.90. The summed E-state index contributed by atoms with van der Waals surface area (Å²) >= 11 is 3.43. The third-order valence-corrected chi connectivity index (χ3v) is 3.67. The number of pyridine rings is 1. The van der Waals surface area contributed by atoms with Crippen molar-refractivity contribution < 1.29 is 0 Å². The van der Waals surface area contributed by atoms with E-state index in [0.717, 1.165) is 46.6 Å². The second-order valence-corrected chi connectivity index (χ2v) is 5.71. The summed E-state index contributed by atoms with van der Waals surface area (Å²) < 4.78 is 0.937. The van der Waals surface area contributed by atoms with Gasteiger partial charge in [-0.15, -0.1) is 0 Å². The summed E-state index contributed by atoms with van der Waals surface area (Å²) in [5.74, 6) is 0.742. The molecule has 4 nitrogen and oxygen atoms in total. The number of hydrogen-bond acceptors (Lipinski definition) is 4. The Morgan fingerprint density at radius 2 is 1.85 bits per heavy atom. The van der Waals surface area contributed by atoms with E-state index in [0.29, 0.717) is 0 Å². The fourth-order valence-corrected chi connectivity index (χ4v) is 2.57. The summed E-state index contributed by atoms with van der Waals surface area (Å²) in [5.41, 5.74) is 4.31. The minimum absolute atomic E-state index is 0.742. The van der Waals surface area contributed by atoms with Crippen LogP contribution in [0.3, 0.4) is 0 Å². The molecule has 2 aromatic heterocycles. The van der Waals surface area contributed by atoms with E-state index < -0.39 is 0 Å². The zero-order chi connectivity index (χ0) is 14.5. The van der Waals surface area contributed by atoms with E-state index in [1.807, 2.05) is 13.1 Å². The van der Waals surface area contributed by atoms with Crippen molar-refractivity contribution >= 4 is 15.9 Å². The van der Waals surface area contributed by atoms with E-state index in [4.69, 9.17) is 0 Å². The predicted molar refractivity (Wildman–Crippen MR) is 84.7 cm³/mol. The van der Waals surface area contributed by atoms with Crippen LogP contribution in [0.1, 0.15) is 23.4 Å². The van der Waals surface area contributed by atoms with Gasteiger partial charge in [-0.05, 0) is 67.8 Å². The molecule has 0 fully saturated rings. The Balaban J connectivity index is 2.30. The first kappa shape index (κ1) is 15.1. The lowest BCUT2D eigenvalue weighted by molar-refractivity contribution is 0.715. The number of aryl methyl sites for hydroxylation is 2. The van der Waals surface area contributed by atoms with E-state index in [-0.39, 0.29) is 0 Å². The molecule has 2 aromatic rings. The summed E-state index contributed by atoms with van der Waals surface area (Å²) in [5, 5.41) is 3.17. The van der Waals surface area contributed by atoms with E-state index in [1.54, 1.807) is 12.4 Å². The maximum absolute atomic E-state index is 4.63. The normalized spacial score (nSPS) is 10.8. The average molecular weight is 335 g/mol. The van der Waals surface area contributed by atoms with Gasteiger partial charge in [0.15, 0.2) is 5.82 Å². The van der Waals surface area contributed by atoms with Crippen LogP contribution in [0.25, 0.3) is 11.4 Å². The van der Waals surface area contributed by atoms with Crippen molar-refractivity contribution in [3.63, 3.8) is 0 Å². The van der Waals surface area contributed by atoms with Crippen LogP contribution in [-0.4, -0.2) is 28.5 Å². The first-order valence-electron chi connectivity index (χ1n) is 6.71. The molecule has 5 heteroatoms. The molecule has 0 aromatic carbocycles. The molecule has 0 aliphatic rings. The van der Waals surface area contributed by atoms with Crippen LogP contribution in [0.4, 0.5) is 0 Å². The van der Waals surface area contributed by atoms with Gasteiger partial charge < -0.3 is 5.32 Å². The molecule has 0 radical (unpaired) electrons. The first-order valence-corrected chi connectivity index (χ1v) is 7.50. The van der Waals surface area contributed by atoms with E-state index in [1.165, 1.54) is 5.56 Å². The molecule has 0 aliphatic carbocycles. The largest absolute Gasteiger partial charge is 0.320 e. The Kier molecular flexibility index (Phi) is 5.20. The third kappa shape index (κ3) is 3.61. The summed E-state index contributed by atoms with van der Waals surface area (Å²) in [6.45, 7) is 5.12. The average Bonchev–Trinajstić information content (AvgIpc) is 2.41. The lowest BCUT2D eigenvalue weighted by atomic mass is 10.1. The van der Waals surface area contributed by atoms with Crippen LogP contribution in [-0.2, 0) is 6.42 Å². The highest BCUT2D eigenvalue weighted by atomic mass is 79.9. The molecule has 1 N–H and O–H groups in total. The van der Waals surface area contributed by atoms with Crippen molar-refractivity contribution in [2.75, 3.05) is 13.6 Å². The molecule has 0 spiro atoms. The Morgan fingerprint density at radius 1 is 1.15 bits per heavy atom. The maximum atomic E-state index is 4.63. The Hall–Kier alpha value is -1.33. The second-order valence-electron chi connectivity index (χ2n) is 4.80. The van der Waals surface area contributed by atoms with Gasteiger partial charge in [0.1, 0.15) is 0 Å². The molecule has 106 valence electrons. The zero-order valence-electron chi connectivity index (χ0n) is 12.1. The summed E-state index contributed by atoms with van der Waals surface area (Å²) in [4.78, 5) is 13.4. The number of nitrogens with zero attached hydrogens (tertiary/aromatic N) is 3. The quantitative estimate of drug-likeness (QED) is 0.853. The maximum Gasteiger partial charge on any atom is 0.161 e. The zero-order valence-corrected chi connectivity index (χ0v) is 13.7. The lowest BCUT2D eigenvalue weighted by Crippen LogP contribution is -2.10. The number of halogens is 1. The Bertz CT molecular complexity index is 575. The molecule has 2 rings (SSSR count). The molecule has 0 saturated heterocycles. The number of hydrogen-bond donors (Lipinski definition) is 1. The minimum atomic E-state index is 0.742. The van der Waals surface area contributed by atoms with Crippen molar-refractivity contribution in [2.45, 2.75) is 26.7 Å². The van der Waals surface area contributed by atoms with Crippen LogP contribution in [0.2, 0.25) is 0 Å². The standard InChI is InChI=1S/C15H19BrN4/c1-10-14(5-4-6-17-3)11(2)20-15(19-10)12-7-13(16)9-18-8-12/h7-9,17H,4-6H2,1-3H3. The van der Waals surface area contributed by atoms with Gasteiger partial charge in [0.25, 0.3) is 0 Å². The monoisotopic (exact) mass is 334 g/mol. The molecular formula is C15H19BrN4. The topological polar surface area (TPSA) is 50.7 Å². The molecule has 0 unspecified atom stereocenters. The van der Waals surface area contributed by atoms with Crippen LogP contribution in [0.15, 0.2) is 22.9 Å². The summed E-state index contributed by atoms with van der Waals surface area (Å²) in [6.07, 6.45) is 5.66. The highest BCUT2D eigenvalue weighted by molar-refractivity contribution is 9.10. The predicted octanol–water partition coefficient (Wildman–Crippen LogP) is 3.07. The molecule has 20 heavy (non-hydrogen) atoms. The SMILES string of the molecule is CNCCCc1c(C)nc(-c2cncc(Br)c2)nc1C. The minimum Gasteiger partial charge on any atom is -0.320 e. The van der Waals surface area contributed by atoms with Crippen molar-refractivity contribution in [2.24, 2.45) is 0 Å². The highest BCUT2D eigenvalue weighted by Gasteiger charge is 2.10. The van der Waals surface area contributed by atoms with Crippen molar-refractivity contribution in [3.05, 3.63) is 39.9 Å². The first-order chi connectivity index (χ1) is 9.61. The van der Waals surface area contributed by atoms with Gasteiger partial charge in [0, 0.05) is 33.8 Å². The summed E-state index contributed by atoms with van der Waals surface area (Å²) in [6, 6.07) is 1.99.